The number of carboxylic acid groups (broad SMARTS) is 1. The van der Waals surface area contributed by atoms with Gasteiger partial charge in [-0.1, -0.05) is 6.07 Å². The summed E-state index contributed by atoms with van der Waals surface area (Å²) < 4.78 is 2.68. The second kappa shape index (κ2) is 5.32. The van der Waals surface area contributed by atoms with Crippen LogP contribution in [-0.4, -0.2) is 30.1 Å². The lowest BCUT2D eigenvalue weighted by molar-refractivity contribution is 0.190. The van der Waals surface area contributed by atoms with E-state index in [0.717, 1.165) is 0 Å². The molecule has 0 saturated heterocycles. The highest BCUT2D eigenvalue weighted by Crippen LogP contribution is 2.13. The lowest BCUT2D eigenvalue weighted by Gasteiger charge is -2.17. The molecule has 0 aliphatic rings. The Labute approximate surface area is 124 Å². The highest BCUT2D eigenvalue weighted by atomic mass is 16.4. The number of fused-ring (bicyclic) bond motifs is 1. The topological polar surface area (TPSA) is 102 Å². The summed E-state index contributed by atoms with van der Waals surface area (Å²) >= 11 is 0. The van der Waals surface area contributed by atoms with Crippen LogP contribution in [0.2, 0.25) is 0 Å². The van der Waals surface area contributed by atoms with Gasteiger partial charge in [-0.25, -0.2) is 24.1 Å². The number of aromatic nitrogens is 4. The van der Waals surface area contributed by atoms with E-state index in [1.807, 2.05) is 0 Å². The van der Waals surface area contributed by atoms with Crippen molar-refractivity contribution in [2.75, 3.05) is 0 Å². The molecule has 2 N–H and O–H groups in total. The van der Waals surface area contributed by atoms with Gasteiger partial charge in [0.1, 0.15) is 17.3 Å². The molecule has 1 atom stereocenters. The van der Waals surface area contributed by atoms with Crippen LogP contribution in [0.3, 0.4) is 0 Å². The van der Waals surface area contributed by atoms with Crippen LogP contribution in [0.25, 0.3) is 11.5 Å². The fourth-order valence-electron chi connectivity index (χ4n) is 2.24. The van der Waals surface area contributed by atoms with E-state index < -0.39 is 12.1 Å². The zero-order chi connectivity index (χ0) is 15.7. The zero-order valence-corrected chi connectivity index (χ0v) is 11.7. The summed E-state index contributed by atoms with van der Waals surface area (Å²) in [7, 11) is 0. The normalized spacial score (nSPS) is 12.2. The van der Waals surface area contributed by atoms with E-state index in [9.17, 15) is 9.59 Å². The first-order valence-electron chi connectivity index (χ1n) is 6.59. The molecule has 0 aliphatic carbocycles. The maximum Gasteiger partial charge on any atom is 0.405 e. The molecule has 3 rings (SSSR count). The zero-order valence-electron chi connectivity index (χ0n) is 11.7. The molecule has 0 aromatic carbocycles. The third-order valence-electron chi connectivity index (χ3n) is 3.19. The van der Waals surface area contributed by atoms with Gasteiger partial charge in [0, 0.05) is 12.4 Å². The molecule has 22 heavy (non-hydrogen) atoms. The number of hydrogen-bond donors (Lipinski definition) is 2. The van der Waals surface area contributed by atoms with E-state index >= 15 is 0 Å². The highest BCUT2D eigenvalue weighted by Gasteiger charge is 2.19. The van der Waals surface area contributed by atoms with Crippen LogP contribution in [0.5, 0.6) is 0 Å². The molecule has 3 aromatic heterocycles. The predicted octanol–water partition coefficient (Wildman–Crippen LogP) is 1.21. The van der Waals surface area contributed by atoms with Gasteiger partial charge in [-0.2, -0.15) is 0 Å². The first kappa shape index (κ1) is 13.8. The standard InChI is InChI=1S/C14H13N5O3/c1-9(16-13(20)21)12-17-11-6-4-8-18(11)14(22)19(12)10-5-2-3-7-15-10/h2-9,16H,1H3,(H,20,21). The van der Waals surface area contributed by atoms with Gasteiger partial charge in [-0.15, -0.1) is 0 Å². The van der Waals surface area contributed by atoms with Crippen molar-refractivity contribution < 1.29 is 9.90 Å². The molecule has 0 spiro atoms. The average Bonchev–Trinajstić information content (AvgIpc) is 2.96. The molecule has 0 radical (unpaired) electrons. The van der Waals surface area contributed by atoms with Crippen LogP contribution in [0.4, 0.5) is 4.79 Å². The number of hydrogen-bond acceptors (Lipinski definition) is 4. The fourth-order valence-corrected chi connectivity index (χ4v) is 2.24. The van der Waals surface area contributed by atoms with Gasteiger partial charge in [0.2, 0.25) is 0 Å². The molecular weight excluding hydrogens is 286 g/mol. The van der Waals surface area contributed by atoms with Crippen molar-refractivity contribution in [2.45, 2.75) is 13.0 Å². The summed E-state index contributed by atoms with van der Waals surface area (Å²) in [6.07, 6.45) is 1.97. The Bertz CT molecular complexity index is 884. The van der Waals surface area contributed by atoms with Crippen molar-refractivity contribution >= 4 is 11.7 Å². The Morgan fingerprint density at radius 2 is 2.14 bits per heavy atom. The van der Waals surface area contributed by atoms with E-state index in [1.165, 1.54) is 8.97 Å². The second-order valence-corrected chi connectivity index (χ2v) is 4.68. The lowest BCUT2D eigenvalue weighted by Crippen LogP contribution is -2.35. The Balaban J connectivity index is 2.29. The summed E-state index contributed by atoms with van der Waals surface area (Å²) in [5, 5.41) is 11.2. The minimum absolute atomic E-state index is 0.275. The van der Waals surface area contributed by atoms with E-state index in [-0.39, 0.29) is 11.5 Å². The average molecular weight is 299 g/mol. The first-order valence-corrected chi connectivity index (χ1v) is 6.59. The molecule has 3 heterocycles. The second-order valence-electron chi connectivity index (χ2n) is 4.68. The predicted molar refractivity (Wildman–Crippen MR) is 78.2 cm³/mol. The third kappa shape index (κ3) is 2.30. The molecule has 8 heteroatoms. The number of carbonyl (C=O) groups is 1. The summed E-state index contributed by atoms with van der Waals surface area (Å²) in [5.41, 5.74) is 0.0916. The SMILES string of the molecule is CC(NC(=O)O)c1nc2cccn2c(=O)n1-c1ccccn1. The van der Waals surface area contributed by atoms with Gasteiger partial charge in [0.05, 0.1) is 6.04 Å². The molecule has 3 aromatic rings. The van der Waals surface area contributed by atoms with Crippen molar-refractivity contribution in [3.05, 3.63) is 59.0 Å². The van der Waals surface area contributed by atoms with Gasteiger partial charge in [-0.05, 0) is 31.2 Å². The van der Waals surface area contributed by atoms with Crippen LogP contribution in [0.15, 0.2) is 47.5 Å². The van der Waals surface area contributed by atoms with Crippen molar-refractivity contribution in [1.29, 1.82) is 0 Å². The van der Waals surface area contributed by atoms with Crippen LogP contribution in [0, 0.1) is 0 Å². The van der Waals surface area contributed by atoms with Crippen LogP contribution in [-0.2, 0) is 0 Å². The number of nitrogens with one attached hydrogen (secondary N) is 1. The van der Waals surface area contributed by atoms with E-state index in [0.29, 0.717) is 11.5 Å². The molecule has 1 unspecified atom stereocenters. The Hall–Kier alpha value is -3.16. The van der Waals surface area contributed by atoms with Crippen LogP contribution >= 0.6 is 0 Å². The maximum absolute atomic E-state index is 12.7. The molecule has 112 valence electrons. The largest absolute Gasteiger partial charge is 0.465 e. The molecule has 8 nitrogen and oxygen atoms in total. The van der Waals surface area contributed by atoms with Crippen LogP contribution < -0.4 is 11.0 Å². The molecule has 0 fully saturated rings. The van der Waals surface area contributed by atoms with Gasteiger partial charge >= 0.3 is 11.8 Å². The fraction of sp³-hybridized carbons (Fsp3) is 0.143. The monoisotopic (exact) mass is 299 g/mol. The number of amides is 1. The highest BCUT2D eigenvalue weighted by molar-refractivity contribution is 5.65. The van der Waals surface area contributed by atoms with Gasteiger partial charge < -0.3 is 10.4 Å². The number of nitrogens with zero attached hydrogens (tertiary/aromatic N) is 4. The van der Waals surface area contributed by atoms with E-state index in [2.05, 4.69) is 15.3 Å². The van der Waals surface area contributed by atoms with Crippen molar-refractivity contribution in [3.8, 4) is 5.82 Å². The summed E-state index contributed by atoms with van der Waals surface area (Å²) in [5.74, 6) is 0.655. The molecule has 0 aliphatic heterocycles. The lowest BCUT2D eigenvalue weighted by atomic mass is 10.3. The Kier molecular flexibility index (Phi) is 3.34. The minimum atomic E-state index is -1.19. The quantitative estimate of drug-likeness (QED) is 0.757. The molecule has 0 saturated carbocycles. The smallest absolute Gasteiger partial charge is 0.405 e. The molecule has 0 bridgehead atoms. The van der Waals surface area contributed by atoms with Crippen molar-refractivity contribution in [1.82, 2.24) is 24.3 Å². The minimum Gasteiger partial charge on any atom is -0.465 e. The van der Waals surface area contributed by atoms with E-state index in [4.69, 9.17) is 5.11 Å². The summed E-state index contributed by atoms with van der Waals surface area (Å²) in [6, 6.07) is 7.84. The van der Waals surface area contributed by atoms with Crippen molar-refractivity contribution in [2.24, 2.45) is 0 Å². The van der Waals surface area contributed by atoms with Gasteiger partial charge in [-0.3, -0.25) is 4.40 Å². The van der Waals surface area contributed by atoms with Gasteiger partial charge in [0.25, 0.3) is 0 Å². The Morgan fingerprint density at radius 3 is 2.82 bits per heavy atom. The van der Waals surface area contributed by atoms with Crippen LogP contribution in [0.1, 0.15) is 18.8 Å². The first-order chi connectivity index (χ1) is 10.6. The summed E-state index contributed by atoms with van der Waals surface area (Å²) in [4.78, 5) is 32.1. The van der Waals surface area contributed by atoms with Gasteiger partial charge in [0.15, 0.2) is 0 Å². The van der Waals surface area contributed by atoms with Crippen molar-refractivity contribution in [3.63, 3.8) is 0 Å². The number of pyridine rings is 1. The van der Waals surface area contributed by atoms with E-state index in [1.54, 1.807) is 49.6 Å². The summed E-state index contributed by atoms with van der Waals surface area (Å²) in [6.45, 7) is 1.62. The maximum atomic E-state index is 12.7. The number of rotatable bonds is 3. The molecule has 1 amide bonds. The third-order valence-corrected chi connectivity index (χ3v) is 3.19. The Morgan fingerprint density at radius 1 is 1.32 bits per heavy atom. The molecular formula is C14H13N5O3.